The lowest BCUT2D eigenvalue weighted by Gasteiger charge is -2.52. The molecule has 1 saturated heterocycles. The number of piperidine rings is 1. The SMILES string of the molecule is CC=C(C(=O)OC1Cc2c3c(c4oc(CO)cc(=O)c4c2O)C2C4=CCNC(N)=C4C(CCc4ccc(O)cc4C2CO)C2CCC4=C5CCC(C)NC5NC=C4CC2C1(C)O3)C1CCCC1. The van der Waals surface area contributed by atoms with Crippen molar-refractivity contribution in [1.82, 2.24) is 16.0 Å². The fourth-order valence-corrected chi connectivity index (χ4v) is 14.0. The highest BCUT2D eigenvalue weighted by Gasteiger charge is 2.58. The Kier molecular flexibility index (Phi) is 11.1. The summed E-state index contributed by atoms with van der Waals surface area (Å²) in [5.41, 5.74) is 14.4. The van der Waals surface area contributed by atoms with E-state index in [9.17, 15) is 30.0 Å². The molecule has 67 heavy (non-hydrogen) atoms. The van der Waals surface area contributed by atoms with Gasteiger partial charge in [0, 0.05) is 65.7 Å². The molecule has 3 aliphatic carbocycles. The number of fused-ring (bicyclic) bond motifs is 10. The van der Waals surface area contributed by atoms with Crippen LogP contribution < -0.4 is 31.8 Å². The van der Waals surface area contributed by atoms with Crippen molar-refractivity contribution >= 4 is 16.9 Å². The molecule has 9 N–H and O–H groups in total. The van der Waals surface area contributed by atoms with Crippen molar-refractivity contribution < 1.29 is 39.1 Å². The molecule has 3 aromatic rings. The molecule has 0 spiro atoms. The van der Waals surface area contributed by atoms with Gasteiger partial charge in [0.1, 0.15) is 58.1 Å². The van der Waals surface area contributed by atoms with Gasteiger partial charge >= 0.3 is 5.97 Å². The third-order valence-corrected chi connectivity index (χ3v) is 17.3. The number of aryl methyl sites for hydroxylation is 1. The summed E-state index contributed by atoms with van der Waals surface area (Å²) in [4.78, 5) is 29.2. The number of aromatic hydroxyl groups is 2. The van der Waals surface area contributed by atoms with Gasteiger partial charge in [-0.1, -0.05) is 31.1 Å². The maximum absolute atomic E-state index is 14.8. The standard InChI is InChI=1S/C54H64N4O9/c1-4-32(27-7-5-6-8-27)53(64)66-43-22-39-48(63)46-42(62)21-31(24-59)65-50(46)47-44-37-17-18-56-51(55)45(37)35(14-11-28-10-12-30(61)20-38(28)40(44)25-60)34-16-15-33-29(19-41(34)54(43,3)67-49(39)47)23-57-52-36(33)13-9-26(2)58-52/h4,10,12,17,20-21,23,26-27,34-35,40-41,43-44,52,56-61,63H,5-9,11,13-16,18-19,22,24-25,55H2,1-3H3. The van der Waals surface area contributed by atoms with Gasteiger partial charge in [-0.3, -0.25) is 10.1 Å². The van der Waals surface area contributed by atoms with Crippen LogP contribution in [-0.4, -0.2) is 63.5 Å². The number of nitrogens with one attached hydrogen (secondary N) is 3. The molecule has 4 bridgehead atoms. The van der Waals surface area contributed by atoms with Gasteiger partial charge in [0.25, 0.3) is 0 Å². The Morgan fingerprint density at radius 2 is 1.87 bits per heavy atom. The van der Waals surface area contributed by atoms with E-state index in [0.29, 0.717) is 60.1 Å². The summed E-state index contributed by atoms with van der Waals surface area (Å²) < 4.78 is 21.3. The fraction of sp³-hybridized carbons (Fsp3) is 0.519. The second-order valence-electron chi connectivity index (χ2n) is 20.7. The van der Waals surface area contributed by atoms with Crippen molar-refractivity contribution in [1.29, 1.82) is 0 Å². The molecule has 2 saturated carbocycles. The highest BCUT2D eigenvalue weighted by atomic mass is 16.6. The minimum Gasteiger partial charge on any atom is -0.508 e. The Labute approximate surface area is 390 Å². The summed E-state index contributed by atoms with van der Waals surface area (Å²) in [6, 6.07) is 6.94. The van der Waals surface area contributed by atoms with E-state index < -0.39 is 41.5 Å². The van der Waals surface area contributed by atoms with Crippen LogP contribution in [-0.2, 0) is 29.0 Å². The monoisotopic (exact) mass is 912 g/mol. The number of dihydropyridines is 2. The van der Waals surface area contributed by atoms with Crippen molar-refractivity contribution in [3.63, 3.8) is 0 Å². The molecule has 0 amide bonds. The molecule has 5 aliphatic heterocycles. The van der Waals surface area contributed by atoms with E-state index in [4.69, 9.17) is 19.6 Å². The summed E-state index contributed by atoms with van der Waals surface area (Å²) in [6.07, 6.45) is 14.8. The van der Waals surface area contributed by atoms with Gasteiger partial charge in [-0.2, -0.15) is 0 Å². The third-order valence-electron chi connectivity index (χ3n) is 17.3. The zero-order chi connectivity index (χ0) is 46.5. The van der Waals surface area contributed by atoms with E-state index in [2.05, 4.69) is 42.1 Å². The van der Waals surface area contributed by atoms with Gasteiger partial charge < -0.3 is 50.7 Å². The molecule has 2 aromatic carbocycles. The number of hydrogen-bond acceptors (Lipinski definition) is 13. The second-order valence-corrected chi connectivity index (χ2v) is 20.7. The molecular weight excluding hydrogens is 849 g/mol. The minimum absolute atomic E-state index is 0.00140. The number of nitrogens with two attached hydrogens (primary N) is 1. The Balaban J connectivity index is 1.23. The number of esters is 1. The molecule has 1 aromatic heterocycles. The average molecular weight is 913 g/mol. The summed E-state index contributed by atoms with van der Waals surface area (Å²) in [7, 11) is 0. The molecule has 0 radical (unpaired) electrons. The number of phenols is 2. The van der Waals surface area contributed by atoms with E-state index in [1.165, 1.54) is 22.8 Å². The smallest absolute Gasteiger partial charge is 0.334 e. The molecule has 354 valence electrons. The minimum atomic E-state index is -1.24. The van der Waals surface area contributed by atoms with Crippen LogP contribution in [0.2, 0.25) is 0 Å². The number of carbonyl (C=O) groups excluding carboxylic acids is 1. The van der Waals surface area contributed by atoms with Crippen LogP contribution in [0.4, 0.5) is 0 Å². The first kappa shape index (κ1) is 44.0. The predicted molar refractivity (Wildman–Crippen MR) is 253 cm³/mol. The Hall–Kier alpha value is -5.50. The Morgan fingerprint density at radius 3 is 2.64 bits per heavy atom. The number of aliphatic hydroxyl groups is 2. The van der Waals surface area contributed by atoms with Gasteiger partial charge in [0.2, 0.25) is 0 Å². The normalized spacial score (nSPS) is 31.4. The van der Waals surface area contributed by atoms with Crippen LogP contribution in [0.25, 0.3) is 11.0 Å². The van der Waals surface area contributed by atoms with E-state index in [1.807, 2.05) is 19.1 Å². The molecular formula is C54H64N4O9. The molecule has 13 nitrogen and oxygen atoms in total. The van der Waals surface area contributed by atoms with Gasteiger partial charge in [-0.25, -0.2) is 4.79 Å². The molecule has 9 atom stereocenters. The van der Waals surface area contributed by atoms with Crippen molar-refractivity contribution in [2.45, 2.75) is 140 Å². The molecule has 11 rings (SSSR count). The fourth-order valence-electron chi connectivity index (χ4n) is 14.0. The quantitative estimate of drug-likeness (QED) is 0.0973. The van der Waals surface area contributed by atoms with Crippen molar-refractivity contribution in [2.24, 2.45) is 29.4 Å². The van der Waals surface area contributed by atoms with Crippen molar-refractivity contribution in [2.75, 3.05) is 13.2 Å². The molecule has 6 heterocycles. The van der Waals surface area contributed by atoms with Crippen LogP contribution in [0.15, 0.2) is 91.1 Å². The molecule has 9 unspecified atom stereocenters. The maximum atomic E-state index is 14.8. The first-order valence-electron chi connectivity index (χ1n) is 24.7. The second kappa shape index (κ2) is 16.9. The third kappa shape index (κ3) is 7.04. The number of phenolic OH excluding ortho intramolecular Hbond substituents is 2. The lowest BCUT2D eigenvalue weighted by Crippen LogP contribution is -2.59. The van der Waals surface area contributed by atoms with Crippen molar-refractivity contribution in [3.05, 3.63) is 120 Å². The molecule has 8 aliphatic rings. The summed E-state index contributed by atoms with van der Waals surface area (Å²) in [6.45, 7) is 5.64. The van der Waals surface area contributed by atoms with Crippen LogP contribution in [0.3, 0.4) is 0 Å². The van der Waals surface area contributed by atoms with Crippen LogP contribution in [0.1, 0.15) is 125 Å². The van der Waals surface area contributed by atoms with E-state index in [1.54, 1.807) is 12.1 Å². The van der Waals surface area contributed by atoms with Gasteiger partial charge in [-0.15, -0.1) is 0 Å². The van der Waals surface area contributed by atoms with Gasteiger partial charge in [0.15, 0.2) is 5.43 Å². The molecule has 3 fully saturated rings. The predicted octanol–water partition coefficient (Wildman–Crippen LogP) is 6.87. The number of hydrogen-bond donors (Lipinski definition) is 8. The highest BCUT2D eigenvalue weighted by Crippen LogP contribution is 2.61. The lowest BCUT2D eigenvalue weighted by atomic mass is 9.61. The zero-order valence-corrected chi connectivity index (χ0v) is 38.8. The maximum Gasteiger partial charge on any atom is 0.334 e. The number of rotatable bonds is 5. The topological polar surface area (TPSA) is 209 Å². The number of ether oxygens (including phenoxy) is 2. The summed E-state index contributed by atoms with van der Waals surface area (Å²) in [5, 5.41) is 57.1. The van der Waals surface area contributed by atoms with Crippen LogP contribution >= 0.6 is 0 Å². The number of allylic oxidation sites excluding steroid dienone is 5. The lowest BCUT2D eigenvalue weighted by molar-refractivity contribution is -0.169. The van der Waals surface area contributed by atoms with Crippen LogP contribution in [0.5, 0.6) is 17.2 Å². The van der Waals surface area contributed by atoms with Gasteiger partial charge in [-0.05, 0) is 147 Å². The number of benzene rings is 2. The zero-order valence-electron chi connectivity index (χ0n) is 38.8. The number of carbonyl (C=O) groups is 1. The van der Waals surface area contributed by atoms with E-state index >= 15 is 0 Å². The average Bonchev–Trinajstić information content (AvgIpc) is 3.78. The first-order valence-corrected chi connectivity index (χ1v) is 24.7. The summed E-state index contributed by atoms with van der Waals surface area (Å²) in [5.74, 6) is -1.85. The Morgan fingerprint density at radius 1 is 1.04 bits per heavy atom. The van der Waals surface area contributed by atoms with Crippen molar-refractivity contribution in [3.8, 4) is 17.2 Å². The Bertz CT molecular complexity index is 2780. The van der Waals surface area contributed by atoms with E-state index in [0.717, 1.165) is 73.6 Å². The largest absolute Gasteiger partial charge is 0.508 e. The van der Waals surface area contributed by atoms with E-state index in [-0.39, 0.29) is 71.1 Å². The molecule has 13 heteroatoms. The number of aliphatic hydroxyl groups excluding tert-OH is 2. The first-order chi connectivity index (χ1) is 32.4. The van der Waals surface area contributed by atoms with Gasteiger partial charge in [0.05, 0.1) is 12.8 Å². The summed E-state index contributed by atoms with van der Waals surface area (Å²) >= 11 is 0. The highest BCUT2D eigenvalue weighted by molar-refractivity contribution is 5.92. The van der Waals surface area contributed by atoms with Crippen LogP contribution in [0, 0.1) is 23.7 Å².